The van der Waals surface area contributed by atoms with Gasteiger partial charge < -0.3 is 20.2 Å². The van der Waals surface area contributed by atoms with Crippen molar-refractivity contribution in [1.29, 1.82) is 0 Å². The Balaban J connectivity index is 1.83. The van der Waals surface area contributed by atoms with Crippen LogP contribution in [0.15, 0.2) is 40.8 Å². The van der Waals surface area contributed by atoms with Crippen LogP contribution in [0.2, 0.25) is 0 Å². The molecule has 1 aromatic heterocycles. The molecule has 2 rings (SSSR count). The molecule has 0 bridgehead atoms. The Kier molecular flexibility index (Phi) is 5.41. The summed E-state index contributed by atoms with van der Waals surface area (Å²) in [4.78, 5) is 23.9. The molecular weight excluding hydrogens is 308 g/mol. The van der Waals surface area contributed by atoms with Gasteiger partial charge in [-0.05, 0) is 32.4 Å². The SMILES string of the molecule is Cc1cc(C(=O)NCC(=O)NCC(C)(O)c2ccccc2)c(C)o1. The molecule has 0 aliphatic carbocycles. The van der Waals surface area contributed by atoms with Crippen molar-refractivity contribution in [3.05, 3.63) is 59.0 Å². The molecule has 1 atom stereocenters. The van der Waals surface area contributed by atoms with Crippen LogP contribution in [0.25, 0.3) is 0 Å². The van der Waals surface area contributed by atoms with Gasteiger partial charge in [0.1, 0.15) is 17.1 Å². The molecule has 0 saturated heterocycles. The Morgan fingerprint density at radius 1 is 1.17 bits per heavy atom. The van der Waals surface area contributed by atoms with Gasteiger partial charge in [-0.1, -0.05) is 30.3 Å². The van der Waals surface area contributed by atoms with Gasteiger partial charge in [-0.25, -0.2) is 0 Å². The number of carbonyl (C=O) groups excluding carboxylic acids is 2. The average Bonchev–Trinajstić information content (AvgIpc) is 2.90. The number of carbonyl (C=O) groups is 2. The number of furan rings is 1. The lowest BCUT2D eigenvalue weighted by atomic mass is 9.96. The molecule has 1 unspecified atom stereocenters. The minimum absolute atomic E-state index is 0.0512. The first-order valence-corrected chi connectivity index (χ1v) is 7.69. The van der Waals surface area contributed by atoms with Crippen LogP contribution in [0, 0.1) is 13.8 Å². The maximum atomic E-state index is 12.0. The molecule has 0 fully saturated rings. The molecule has 6 heteroatoms. The summed E-state index contributed by atoms with van der Waals surface area (Å²) in [7, 11) is 0. The van der Waals surface area contributed by atoms with Gasteiger partial charge in [-0.15, -0.1) is 0 Å². The molecule has 128 valence electrons. The first-order chi connectivity index (χ1) is 11.3. The summed E-state index contributed by atoms with van der Waals surface area (Å²) in [5.74, 6) is 0.408. The van der Waals surface area contributed by atoms with Crippen LogP contribution >= 0.6 is 0 Å². The monoisotopic (exact) mass is 330 g/mol. The Morgan fingerprint density at radius 3 is 2.42 bits per heavy atom. The summed E-state index contributed by atoms with van der Waals surface area (Å²) in [6.45, 7) is 4.95. The highest BCUT2D eigenvalue weighted by molar-refractivity contribution is 5.97. The Bertz CT molecular complexity index is 720. The van der Waals surface area contributed by atoms with E-state index in [0.717, 1.165) is 0 Å². The summed E-state index contributed by atoms with van der Waals surface area (Å²) < 4.78 is 5.29. The summed E-state index contributed by atoms with van der Waals surface area (Å²) in [5.41, 5.74) is -0.0606. The van der Waals surface area contributed by atoms with Gasteiger partial charge in [0.15, 0.2) is 0 Å². The Hall–Kier alpha value is -2.60. The molecule has 1 heterocycles. The lowest BCUT2D eigenvalue weighted by Gasteiger charge is -2.24. The number of hydrogen-bond donors (Lipinski definition) is 3. The van der Waals surface area contributed by atoms with Gasteiger partial charge >= 0.3 is 0 Å². The van der Waals surface area contributed by atoms with Crippen LogP contribution in [-0.4, -0.2) is 30.0 Å². The van der Waals surface area contributed by atoms with Crippen molar-refractivity contribution in [3.8, 4) is 0 Å². The fourth-order valence-electron chi connectivity index (χ4n) is 2.34. The number of nitrogens with one attached hydrogen (secondary N) is 2. The largest absolute Gasteiger partial charge is 0.466 e. The van der Waals surface area contributed by atoms with Crippen molar-refractivity contribution < 1.29 is 19.1 Å². The highest BCUT2D eigenvalue weighted by Crippen LogP contribution is 2.18. The average molecular weight is 330 g/mol. The second kappa shape index (κ2) is 7.31. The topological polar surface area (TPSA) is 91.6 Å². The molecule has 2 amide bonds. The summed E-state index contributed by atoms with van der Waals surface area (Å²) >= 11 is 0. The van der Waals surface area contributed by atoms with E-state index in [1.54, 1.807) is 39.0 Å². The van der Waals surface area contributed by atoms with Crippen molar-refractivity contribution in [2.75, 3.05) is 13.1 Å². The zero-order chi connectivity index (χ0) is 17.7. The van der Waals surface area contributed by atoms with Gasteiger partial charge in [-0.2, -0.15) is 0 Å². The quantitative estimate of drug-likeness (QED) is 0.751. The molecule has 0 aliphatic rings. The summed E-state index contributed by atoms with van der Waals surface area (Å²) in [6.07, 6.45) is 0. The Labute approximate surface area is 140 Å². The number of aliphatic hydroxyl groups is 1. The highest BCUT2D eigenvalue weighted by Gasteiger charge is 2.23. The first kappa shape index (κ1) is 17.7. The van der Waals surface area contributed by atoms with Crippen molar-refractivity contribution in [2.24, 2.45) is 0 Å². The molecule has 2 aromatic rings. The van der Waals surface area contributed by atoms with E-state index in [4.69, 9.17) is 4.42 Å². The van der Waals surface area contributed by atoms with Crippen LogP contribution in [0.1, 0.15) is 34.4 Å². The maximum Gasteiger partial charge on any atom is 0.255 e. The lowest BCUT2D eigenvalue weighted by Crippen LogP contribution is -2.43. The number of hydrogen-bond acceptors (Lipinski definition) is 4. The number of aryl methyl sites for hydroxylation is 2. The molecule has 0 radical (unpaired) electrons. The van der Waals surface area contributed by atoms with Crippen LogP contribution in [-0.2, 0) is 10.4 Å². The fourth-order valence-corrected chi connectivity index (χ4v) is 2.34. The molecule has 1 aromatic carbocycles. The normalized spacial score (nSPS) is 13.2. The third kappa shape index (κ3) is 4.45. The predicted molar refractivity (Wildman–Crippen MR) is 89.5 cm³/mol. The minimum atomic E-state index is -1.18. The molecule has 0 saturated carbocycles. The van der Waals surface area contributed by atoms with E-state index < -0.39 is 5.60 Å². The minimum Gasteiger partial charge on any atom is -0.466 e. The van der Waals surface area contributed by atoms with E-state index in [0.29, 0.717) is 22.6 Å². The van der Waals surface area contributed by atoms with E-state index in [-0.39, 0.29) is 24.9 Å². The zero-order valence-corrected chi connectivity index (χ0v) is 14.1. The number of amides is 2. The van der Waals surface area contributed by atoms with Gasteiger partial charge in [0.2, 0.25) is 5.91 Å². The van der Waals surface area contributed by atoms with Crippen LogP contribution in [0.3, 0.4) is 0 Å². The highest BCUT2D eigenvalue weighted by atomic mass is 16.3. The fraction of sp³-hybridized carbons (Fsp3) is 0.333. The van der Waals surface area contributed by atoms with E-state index in [1.165, 1.54) is 0 Å². The van der Waals surface area contributed by atoms with Crippen LogP contribution in [0.4, 0.5) is 0 Å². The van der Waals surface area contributed by atoms with Crippen molar-refractivity contribution in [1.82, 2.24) is 10.6 Å². The zero-order valence-electron chi connectivity index (χ0n) is 14.1. The molecule has 3 N–H and O–H groups in total. The molecule has 0 aliphatic heterocycles. The van der Waals surface area contributed by atoms with Crippen molar-refractivity contribution in [2.45, 2.75) is 26.4 Å². The Morgan fingerprint density at radius 2 is 1.83 bits per heavy atom. The first-order valence-electron chi connectivity index (χ1n) is 7.69. The van der Waals surface area contributed by atoms with Crippen molar-refractivity contribution in [3.63, 3.8) is 0 Å². The smallest absolute Gasteiger partial charge is 0.255 e. The third-order valence-corrected chi connectivity index (χ3v) is 3.72. The van der Waals surface area contributed by atoms with E-state index in [1.807, 2.05) is 18.2 Å². The van der Waals surface area contributed by atoms with Crippen LogP contribution < -0.4 is 10.6 Å². The number of rotatable bonds is 6. The molecule has 24 heavy (non-hydrogen) atoms. The van der Waals surface area contributed by atoms with Crippen molar-refractivity contribution >= 4 is 11.8 Å². The van der Waals surface area contributed by atoms with Gasteiger partial charge in [-0.3, -0.25) is 9.59 Å². The van der Waals surface area contributed by atoms with E-state index in [2.05, 4.69) is 10.6 Å². The van der Waals surface area contributed by atoms with E-state index >= 15 is 0 Å². The van der Waals surface area contributed by atoms with Gasteiger partial charge in [0, 0.05) is 0 Å². The predicted octanol–water partition coefficient (Wildman–Crippen LogP) is 1.65. The van der Waals surface area contributed by atoms with Crippen LogP contribution in [0.5, 0.6) is 0 Å². The van der Waals surface area contributed by atoms with Gasteiger partial charge in [0.05, 0.1) is 18.7 Å². The van der Waals surface area contributed by atoms with Gasteiger partial charge in [0.25, 0.3) is 5.91 Å². The lowest BCUT2D eigenvalue weighted by molar-refractivity contribution is -0.121. The number of benzene rings is 1. The van der Waals surface area contributed by atoms with E-state index in [9.17, 15) is 14.7 Å². The second-order valence-electron chi connectivity index (χ2n) is 5.93. The standard InChI is InChI=1S/C18H22N2O4/c1-12-9-15(13(2)24-12)17(22)19-10-16(21)20-11-18(3,23)14-7-5-4-6-8-14/h4-9,23H,10-11H2,1-3H3,(H,19,22)(H,20,21). The summed E-state index contributed by atoms with van der Waals surface area (Å²) in [6, 6.07) is 10.7. The maximum absolute atomic E-state index is 12.0. The third-order valence-electron chi connectivity index (χ3n) is 3.72. The second-order valence-corrected chi connectivity index (χ2v) is 5.93. The molecule has 6 nitrogen and oxygen atoms in total. The molecular formula is C18H22N2O4. The summed E-state index contributed by atoms with van der Waals surface area (Å²) in [5, 5.41) is 15.6. The molecule has 0 spiro atoms.